The van der Waals surface area contributed by atoms with Crippen molar-refractivity contribution in [2.75, 3.05) is 14.2 Å². The van der Waals surface area contributed by atoms with Crippen LogP contribution in [-0.2, 0) is 27.8 Å². The predicted octanol–water partition coefficient (Wildman–Crippen LogP) is -2.04. The standard InChI is InChI=1S/C5H11O2.ClH.Zn/c1-4-5(6-2)7-3;;/h5H,1,4H2,2-3H3;1H;/q;;+1/p-1. The first-order chi connectivity index (χ1) is 3.85. The molecule has 0 aromatic heterocycles. The van der Waals surface area contributed by atoms with E-state index in [-0.39, 0.29) is 18.7 Å². The van der Waals surface area contributed by atoms with Crippen molar-refractivity contribution in [1.82, 2.24) is 0 Å². The fourth-order valence-corrected chi connectivity index (χ4v) is 1.20. The third kappa shape index (κ3) is 6.72. The quantitative estimate of drug-likeness (QED) is 0.388. The Hall–Kier alpha value is 0.833. The smallest absolute Gasteiger partial charge is 1.00 e. The van der Waals surface area contributed by atoms with E-state index in [4.69, 9.17) is 9.47 Å². The molecule has 0 aliphatic carbocycles. The number of hydrogen-bond acceptors (Lipinski definition) is 2. The number of halogens is 1. The summed E-state index contributed by atoms with van der Waals surface area (Å²) in [7, 11) is 3.34. The maximum absolute atomic E-state index is 4.94. The van der Waals surface area contributed by atoms with Crippen LogP contribution in [0.25, 0.3) is 0 Å². The third-order valence-corrected chi connectivity index (χ3v) is 1.82. The third-order valence-electron chi connectivity index (χ3n) is 0.966. The van der Waals surface area contributed by atoms with Gasteiger partial charge in [-0.3, -0.25) is 0 Å². The molecule has 0 fully saturated rings. The Morgan fingerprint density at radius 2 is 1.78 bits per heavy atom. The van der Waals surface area contributed by atoms with Gasteiger partial charge in [-0.25, -0.2) is 0 Å². The van der Waals surface area contributed by atoms with Gasteiger partial charge in [0.1, 0.15) is 0 Å². The van der Waals surface area contributed by atoms with Crippen molar-refractivity contribution in [3.63, 3.8) is 0 Å². The molecular formula is C5H11ClO2Zn. The maximum atomic E-state index is 4.94. The predicted molar refractivity (Wildman–Crippen MR) is 27.2 cm³/mol. The average molecular weight is 204 g/mol. The SMILES string of the molecule is COC(C[CH2][Zn+])OC.[Cl-]. The minimum Gasteiger partial charge on any atom is -1.00 e. The van der Waals surface area contributed by atoms with E-state index in [1.807, 2.05) is 0 Å². The molecule has 0 N–H and O–H groups in total. The van der Waals surface area contributed by atoms with Crippen LogP contribution in [0.5, 0.6) is 0 Å². The van der Waals surface area contributed by atoms with Gasteiger partial charge in [0.15, 0.2) is 0 Å². The van der Waals surface area contributed by atoms with Gasteiger partial charge < -0.3 is 12.4 Å². The van der Waals surface area contributed by atoms with Crippen LogP contribution in [0.2, 0.25) is 5.02 Å². The fraction of sp³-hybridized carbons (Fsp3) is 1.00. The molecule has 2 nitrogen and oxygen atoms in total. The zero-order valence-corrected chi connectivity index (χ0v) is 9.62. The molecule has 0 saturated heterocycles. The van der Waals surface area contributed by atoms with Crippen LogP contribution < -0.4 is 12.4 Å². The molecule has 0 aliphatic heterocycles. The molecule has 0 atom stereocenters. The molecule has 0 rings (SSSR count). The van der Waals surface area contributed by atoms with E-state index < -0.39 is 0 Å². The summed E-state index contributed by atoms with van der Waals surface area (Å²) < 4.78 is 9.88. The first-order valence-corrected chi connectivity index (χ1v) is 4.79. The molecule has 52 valence electrons. The van der Waals surface area contributed by atoms with Gasteiger partial charge in [-0.05, 0) is 0 Å². The molecule has 9 heavy (non-hydrogen) atoms. The molecule has 0 amide bonds. The Labute approximate surface area is 72.4 Å². The summed E-state index contributed by atoms with van der Waals surface area (Å²) in [5.74, 6) is 0. The summed E-state index contributed by atoms with van der Waals surface area (Å²) in [4.78, 5) is 0. The van der Waals surface area contributed by atoms with Gasteiger partial charge >= 0.3 is 59.7 Å². The molecule has 0 aliphatic rings. The molecule has 0 aromatic rings. The van der Waals surface area contributed by atoms with Crippen molar-refractivity contribution in [2.45, 2.75) is 17.7 Å². The summed E-state index contributed by atoms with van der Waals surface area (Å²) in [5, 5.41) is 1.23. The van der Waals surface area contributed by atoms with Crippen molar-refractivity contribution in [2.24, 2.45) is 0 Å². The number of ether oxygens (including phenoxy) is 2. The minimum absolute atomic E-state index is 0. The first-order valence-electron chi connectivity index (χ1n) is 2.70. The maximum Gasteiger partial charge on any atom is -1.00 e. The van der Waals surface area contributed by atoms with Crippen molar-refractivity contribution in [1.29, 1.82) is 0 Å². The summed E-state index contributed by atoms with van der Waals surface area (Å²) >= 11 is 1.32. The van der Waals surface area contributed by atoms with E-state index in [0.29, 0.717) is 0 Å². The second-order valence-electron chi connectivity index (χ2n) is 1.54. The van der Waals surface area contributed by atoms with E-state index in [9.17, 15) is 0 Å². The Kier molecular flexibility index (Phi) is 12.3. The largest absolute Gasteiger partial charge is 1.00 e. The molecule has 0 spiro atoms. The van der Waals surface area contributed by atoms with Gasteiger partial charge in [0, 0.05) is 0 Å². The van der Waals surface area contributed by atoms with E-state index >= 15 is 0 Å². The van der Waals surface area contributed by atoms with E-state index in [1.165, 1.54) is 23.3 Å². The van der Waals surface area contributed by atoms with E-state index in [0.717, 1.165) is 6.42 Å². The summed E-state index contributed by atoms with van der Waals surface area (Å²) in [6.45, 7) is 0. The van der Waals surface area contributed by atoms with Crippen LogP contribution in [-0.4, -0.2) is 20.5 Å². The van der Waals surface area contributed by atoms with E-state index in [1.54, 1.807) is 14.2 Å². The Morgan fingerprint density at radius 1 is 1.33 bits per heavy atom. The van der Waals surface area contributed by atoms with Crippen LogP contribution >= 0.6 is 0 Å². The zero-order valence-electron chi connectivity index (χ0n) is 5.89. The van der Waals surface area contributed by atoms with Crippen molar-refractivity contribution < 1.29 is 40.2 Å². The van der Waals surface area contributed by atoms with Gasteiger partial charge in [0.25, 0.3) is 0 Å². The number of methoxy groups -OCH3 is 2. The molecule has 0 heterocycles. The van der Waals surface area contributed by atoms with E-state index in [2.05, 4.69) is 0 Å². The Balaban J connectivity index is 0. The van der Waals surface area contributed by atoms with Crippen molar-refractivity contribution in [3.8, 4) is 0 Å². The average Bonchev–Trinajstić information content (AvgIpc) is 1.83. The van der Waals surface area contributed by atoms with Crippen LogP contribution in [0.3, 0.4) is 0 Å². The molecule has 4 heteroatoms. The zero-order chi connectivity index (χ0) is 6.41. The number of rotatable bonds is 4. The Morgan fingerprint density at radius 3 is 1.89 bits per heavy atom. The first kappa shape index (κ1) is 12.5. The normalized spacial score (nSPS) is 9.44. The number of hydrogen-bond donors (Lipinski definition) is 0. The second-order valence-corrected chi connectivity index (χ2v) is 3.03. The second kappa shape index (κ2) is 8.83. The molecule has 0 saturated carbocycles. The molecular weight excluding hydrogens is 193 g/mol. The van der Waals surface area contributed by atoms with Crippen LogP contribution in [0.1, 0.15) is 6.42 Å². The van der Waals surface area contributed by atoms with Crippen LogP contribution in [0, 0.1) is 0 Å². The van der Waals surface area contributed by atoms with Gasteiger partial charge in [0.2, 0.25) is 0 Å². The van der Waals surface area contributed by atoms with Gasteiger partial charge in [0.05, 0.1) is 0 Å². The monoisotopic (exact) mass is 202 g/mol. The van der Waals surface area contributed by atoms with Gasteiger partial charge in [-0.1, -0.05) is 0 Å². The van der Waals surface area contributed by atoms with Gasteiger partial charge in [-0.15, -0.1) is 0 Å². The fourth-order valence-electron chi connectivity index (χ4n) is 0.499. The molecule has 0 aromatic carbocycles. The summed E-state index contributed by atoms with van der Waals surface area (Å²) in [6.07, 6.45) is 1.07. The summed E-state index contributed by atoms with van der Waals surface area (Å²) in [5.41, 5.74) is 0. The topological polar surface area (TPSA) is 18.5 Å². The van der Waals surface area contributed by atoms with Gasteiger partial charge in [-0.2, -0.15) is 0 Å². The van der Waals surface area contributed by atoms with Crippen LogP contribution in [0.4, 0.5) is 0 Å². The van der Waals surface area contributed by atoms with Crippen LogP contribution in [0.15, 0.2) is 0 Å². The molecule has 0 unspecified atom stereocenters. The molecule has 0 bridgehead atoms. The Bertz CT molecular complexity index is 50.2. The summed E-state index contributed by atoms with van der Waals surface area (Å²) in [6, 6.07) is 0. The minimum atomic E-state index is 0. The molecule has 0 radical (unpaired) electrons. The van der Waals surface area contributed by atoms with Crippen molar-refractivity contribution in [3.05, 3.63) is 0 Å². The van der Waals surface area contributed by atoms with Crippen molar-refractivity contribution >= 4 is 0 Å².